The van der Waals surface area contributed by atoms with E-state index in [0.717, 1.165) is 6.42 Å². The van der Waals surface area contributed by atoms with Gasteiger partial charge < -0.3 is 9.64 Å². The van der Waals surface area contributed by atoms with Crippen molar-refractivity contribution in [3.8, 4) is 17.4 Å². The minimum Gasteiger partial charge on any atom is -0.458 e. The van der Waals surface area contributed by atoms with E-state index in [1.807, 2.05) is 0 Å². The highest BCUT2D eigenvalue weighted by molar-refractivity contribution is 6.00. The highest BCUT2D eigenvalue weighted by atomic mass is 19.4. The van der Waals surface area contributed by atoms with Crippen LogP contribution < -0.4 is 4.74 Å². The van der Waals surface area contributed by atoms with Gasteiger partial charge in [0.2, 0.25) is 0 Å². The van der Waals surface area contributed by atoms with E-state index in [1.165, 1.54) is 30.6 Å². The molecule has 4 heterocycles. The Balaban J connectivity index is 1.40. The summed E-state index contributed by atoms with van der Waals surface area (Å²) in [6, 6.07) is 5.31. The van der Waals surface area contributed by atoms with Gasteiger partial charge in [0.15, 0.2) is 5.82 Å². The molecule has 2 bridgehead atoms. The SMILES string of the molecule is O=C(c1cccc(F)c1-c1ncccn1)N1C[C@@H]2CC[C@H]1[C@H](Oc1ncc(C(F)(F)F)cn1)C2. The minimum atomic E-state index is -4.54. The number of hydrogen-bond donors (Lipinski definition) is 0. The Morgan fingerprint density at radius 3 is 2.44 bits per heavy atom. The lowest BCUT2D eigenvalue weighted by Crippen LogP contribution is -2.59. The zero-order valence-corrected chi connectivity index (χ0v) is 17.7. The molecule has 7 nitrogen and oxygen atoms in total. The van der Waals surface area contributed by atoms with E-state index >= 15 is 0 Å². The van der Waals surface area contributed by atoms with Gasteiger partial charge in [-0.3, -0.25) is 4.79 Å². The first kappa shape index (κ1) is 22.2. The summed E-state index contributed by atoms with van der Waals surface area (Å²) in [5, 5.41) is 0. The van der Waals surface area contributed by atoms with Gasteiger partial charge in [0.25, 0.3) is 5.91 Å². The van der Waals surface area contributed by atoms with Gasteiger partial charge >= 0.3 is 12.2 Å². The maximum absolute atomic E-state index is 14.8. The summed E-state index contributed by atoms with van der Waals surface area (Å²) in [7, 11) is 0. The van der Waals surface area contributed by atoms with Crippen molar-refractivity contribution in [2.45, 2.75) is 37.6 Å². The summed E-state index contributed by atoms with van der Waals surface area (Å²) in [5.74, 6) is -0.737. The van der Waals surface area contributed by atoms with E-state index in [9.17, 15) is 22.4 Å². The van der Waals surface area contributed by atoms with E-state index in [-0.39, 0.29) is 40.8 Å². The number of carbonyl (C=O) groups excluding carboxylic acids is 1. The van der Waals surface area contributed by atoms with Crippen LogP contribution in [-0.2, 0) is 6.18 Å². The largest absolute Gasteiger partial charge is 0.458 e. The summed E-state index contributed by atoms with van der Waals surface area (Å²) in [6.45, 7) is 0.475. The fourth-order valence-electron chi connectivity index (χ4n) is 4.66. The summed E-state index contributed by atoms with van der Waals surface area (Å²) in [5.41, 5.74) is -0.801. The molecule has 0 unspecified atom stereocenters. The molecule has 34 heavy (non-hydrogen) atoms. The van der Waals surface area contributed by atoms with Crippen LogP contribution in [0.15, 0.2) is 49.1 Å². The van der Waals surface area contributed by atoms with Crippen molar-refractivity contribution in [2.75, 3.05) is 6.54 Å². The Kier molecular flexibility index (Phi) is 5.62. The molecule has 2 saturated heterocycles. The molecule has 1 saturated carbocycles. The number of piperidine rings is 2. The Labute approximate surface area is 191 Å². The van der Waals surface area contributed by atoms with Crippen molar-refractivity contribution in [1.29, 1.82) is 0 Å². The maximum Gasteiger partial charge on any atom is 0.419 e. The van der Waals surface area contributed by atoms with Gasteiger partial charge in [-0.25, -0.2) is 24.3 Å². The Morgan fingerprint density at radius 2 is 1.76 bits per heavy atom. The highest BCUT2D eigenvalue weighted by Gasteiger charge is 2.45. The number of rotatable bonds is 4. The zero-order valence-electron chi connectivity index (χ0n) is 17.7. The van der Waals surface area contributed by atoms with E-state index in [2.05, 4.69) is 19.9 Å². The zero-order chi connectivity index (χ0) is 23.9. The Morgan fingerprint density at radius 1 is 1.03 bits per heavy atom. The van der Waals surface area contributed by atoms with Crippen LogP contribution in [0.3, 0.4) is 0 Å². The fourth-order valence-corrected chi connectivity index (χ4v) is 4.66. The van der Waals surface area contributed by atoms with Gasteiger partial charge in [0.05, 0.1) is 22.7 Å². The fraction of sp³-hybridized carbons (Fsp3) is 0.348. The molecule has 2 aromatic heterocycles. The number of alkyl halides is 3. The molecule has 1 amide bonds. The van der Waals surface area contributed by atoms with Crippen molar-refractivity contribution in [2.24, 2.45) is 5.92 Å². The van der Waals surface area contributed by atoms with Gasteiger partial charge in [-0.2, -0.15) is 13.2 Å². The second kappa shape index (κ2) is 8.62. The smallest absolute Gasteiger partial charge is 0.419 e. The number of aromatic nitrogens is 4. The van der Waals surface area contributed by atoms with Crippen LogP contribution in [0.4, 0.5) is 17.6 Å². The highest BCUT2D eigenvalue weighted by Crippen LogP contribution is 2.39. The summed E-state index contributed by atoms with van der Waals surface area (Å²) in [4.78, 5) is 30.8. The molecule has 3 atom stereocenters. The molecule has 176 valence electrons. The van der Waals surface area contributed by atoms with Crippen molar-refractivity contribution in [3.05, 3.63) is 66.0 Å². The lowest BCUT2D eigenvalue weighted by Gasteiger charge is -2.49. The second-order valence-corrected chi connectivity index (χ2v) is 8.35. The quantitative estimate of drug-likeness (QED) is 0.530. The van der Waals surface area contributed by atoms with E-state index in [1.54, 1.807) is 11.0 Å². The third-order valence-corrected chi connectivity index (χ3v) is 6.23. The van der Waals surface area contributed by atoms with Crippen molar-refractivity contribution in [1.82, 2.24) is 24.8 Å². The monoisotopic (exact) mass is 473 g/mol. The van der Waals surface area contributed by atoms with Crippen LogP contribution in [0.25, 0.3) is 11.4 Å². The number of ether oxygens (including phenoxy) is 1. The molecule has 0 radical (unpaired) electrons. The van der Waals surface area contributed by atoms with Crippen molar-refractivity contribution >= 4 is 5.91 Å². The first-order valence-electron chi connectivity index (χ1n) is 10.7. The lowest BCUT2D eigenvalue weighted by molar-refractivity contribution is -0.138. The molecule has 1 aliphatic carbocycles. The topological polar surface area (TPSA) is 81.1 Å². The molecule has 0 N–H and O–H groups in total. The standard InChI is InChI=1S/C23H19F4N5O2/c24-16-4-1-3-15(19(16)20-28-7-2-8-29-20)21(33)32-12-13-5-6-17(32)18(9-13)34-22-30-10-14(11-31-22)23(25,26)27/h1-4,7-8,10-11,13,17-18H,5-6,9,12H2/t13-,17+,18-/m1/s1. The number of benzene rings is 1. The van der Waals surface area contributed by atoms with Crippen LogP contribution in [0.2, 0.25) is 0 Å². The summed E-state index contributed by atoms with van der Waals surface area (Å²) >= 11 is 0. The molecule has 11 heteroatoms. The van der Waals surface area contributed by atoms with Crippen LogP contribution in [-0.4, -0.2) is 49.4 Å². The van der Waals surface area contributed by atoms with E-state index in [4.69, 9.17) is 4.74 Å². The van der Waals surface area contributed by atoms with Crippen molar-refractivity contribution in [3.63, 3.8) is 0 Å². The third-order valence-electron chi connectivity index (χ3n) is 6.23. The molecule has 0 spiro atoms. The van der Waals surface area contributed by atoms with Gasteiger partial charge in [-0.1, -0.05) is 6.07 Å². The average molecular weight is 473 g/mol. The molecule has 3 aliphatic rings. The summed E-state index contributed by atoms with van der Waals surface area (Å²) < 4.78 is 58.9. The lowest BCUT2D eigenvalue weighted by atomic mass is 9.77. The maximum atomic E-state index is 14.8. The van der Waals surface area contributed by atoms with Gasteiger partial charge in [-0.05, 0) is 43.4 Å². The number of amides is 1. The Hall–Kier alpha value is -3.63. The first-order chi connectivity index (χ1) is 16.3. The normalized spacial score (nSPS) is 22.0. The predicted molar refractivity (Wildman–Crippen MR) is 111 cm³/mol. The van der Waals surface area contributed by atoms with Gasteiger partial charge in [0.1, 0.15) is 11.9 Å². The summed E-state index contributed by atoms with van der Waals surface area (Å²) in [6.07, 6.45) is 1.41. The van der Waals surface area contributed by atoms with Crippen molar-refractivity contribution < 1.29 is 27.1 Å². The van der Waals surface area contributed by atoms with Crippen LogP contribution in [0, 0.1) is 11.7 Å². The average Bonchev–Trinajstić information content (AvgIpc) is 2.84. The first-order valence-corrected chi connectivity index (χ1v) is 10.7. The molecule has 6 rings (SSSR count). The third kappa shape index (κ3) is 4.17. The van der Waals surface area contributed by atoms with Gasteiger partial charge in [0, 0.05) is 31.3 Å². The number of fused-ring (bicyclic) bond motifs is 3. The number of hydrogen-bond acceptors (Lipinski definition) is 6. The molecule has 3 aromatic rings. The molecular weight excluding hydrogens is 454 g/mol. The molecule has 2 aliphatic heterocycles. The second-order valence-electron chi connectivity index (χ2n) is 8.35. The number of nitrogens with zero attached hydrogens (tertiary/aromatic N) is 5. The minimum absolute atomic E-state index is 0.0260. The van der Waals surface area contributed by atoms with Gasteiger partial charge in [-0.15, -0.1) is 0 Å². The molecular formula is C23H19F4N5O2. The predicted octanol–water partition coefficient (Wildman–Crippen LogP) is 4.16. The molecule has 1 aromatic carbocycles. The number of carbonyl (C=O) groups is 1. The molecule has 3 fully saturated rings. The van der Waals surface area contributed by atoms with E-state index < -0.39 is 23.7 Å². The van der Waals surface area contributed by atoms with Crippen LogP contribution >= 0.6 is 0 Å². The Bertz CT molecular complexity index is 1190. The van der Waals surface area contributed by atoms with E-state index in [0.29, 0.717) is 31.8 Å². The number of halogens is 4. The van der Waals surface area contributed by atoms with Crippen LogP contribution in [0.5, 0.6) is 6.01 Å². The van der Waals surface area contributed by atoms with Crippen LogP contribution in [0.1, 0.15) is 35.2 Å².